The lowest BCUT2D eigenvalue weighted by molar-refractivity contribution is -0.141. The maximum absolute atomic E-state index is 13.7. The molecule has 5 heterocycles. The summed E-state index contributed by atoms with van der Waals surface area (Å²) >= 11 is 0. The van der Waals surface area contributed by atoms with Gasteiger partial charge in [-0.1, -0.05) is 6.07 Å². The second-order valence-corrected chi connectivity index (χ2v) is 9.66. The zero-order chi connectivity index (χ0) is 24.5. The predicted octanol–water partition coefficient (Wildman–Crippen LogP) is 4.46. The van der Waals surface area contributed by atoms with Crippen molar-refractivity contribution in [2.24, 2.45) is 14.1 Å². The van der Waals surface area contributed by atoms with Crippen molar-refractivity contribution < 1.29 is 22.7 Å². The summed E-state index contributed by atoms with van der Waals surface area (Å²) in [7, 11) is 3.26. The van der Waals surface area contributed by atoms with Crippen LogP contribution in [0.4, 0.5) is 13.2 Å². The Kier molecular flexibility index (Phi) is 4.98. The van der Waals surface area contributed by atoms with E-state index in [4.69, 9.17) is 9.84 Å². The van der Waals surface area contributed by atoms with E-state index in [1.54, 1.807) is 11.7 Å². The Morgan fingerprint density at radius 3 is 2.69 bits per heavy atom. The van der Waals surface area contributed by atoms with Gasteiger partial charge in [-0.25, -0.2) is 0 Å². The number of piperidine rings is 1. The number of halogens is 3. The van der Waals surface area contributed by atoms with Crippen LogP contribution < -0.4 is 4.74 Å². The smallest absolute Gasteiger partial charge is 0.435 e. The van der Waals surface area contributed by atoms with E-state index in [9.17, 15) is 18.0 Å². The molecular weight excluding hydrogens is 459 g/mol. The highest BCUT2D eigenvalue weighted by atomic mass is 19.4. The average molecular weight is 486 g/mol. The van der Waals surface area contributed by atoms with Gasteiger partial charge in [-0.3, -0.25) is 14.2 Å². The molecule has 10 heteroatoms. The summed E-state index contributed by atoms with van der Waals surface area (Å²) < 4.78 is 48.6. The van der Waals surface area contributed by atoms with Gasteiger partial charge in [0, 0.05) is 31.3 Å². The van der Waals surface area contributed by atoms with Crippen molar-refractivity contribution in [3.63, 3.8) is 0 Å². The lowest BCUT2D eigenvalue weighted by atomic mass is 9.81. The van der Waals surface area contributed by atoms with Crippen LogP contribution >= 0.6 is 0 Å². The average Bonchev–Trinajstić information content (AvgIpc) is 3.36. The van der Waals surface area contributed by atoms with E-state index in [2.05, 4.69) is 5.10 Å². The summed E-state index contributed by atoms with van der Waals surface area (Å²) in [5.41, 5.74) is 3.50. The van der Waals surface area contributed by atoms with Gasteiger partial charge in [0.2, 0.25) is 0 Å². The molecule has 0 unspecified atom stereocenters. The number of carbonyl (C=O) groups is 1. The van der Waals surface area contributed by atoms with Gasteiger partial charge in [-0.15, -0.1) is 0 Å². The zero-order valence-electron chi connectivity index (χ0n) is 19.6. The summed E-state index contributed by atoms with van der Waals surface area (Å²) in [6.07, 6.45) is 0.539. The maximum Gasteiger partial charge on any atom is 0.435 e. The summed E-state index contributed by atoms with van der Waals surface area (Å²) in [5.74, 6) is 0.733. The first kappa shape index (κ1) is 22.2. The minimum Gasteiger partial charge on any atom is -0.493 e. The molecule has 2 aromatic heterocycles. The fraction of sp³-hybridized carbons (Fsp3) is 0.480. The molecule has 0 spiro atoms. The zero-order valence-corrected chi connectivity index (χ0v) is 19.6. The summed E-state index contributed by atoms with van der Waals surface area (Å²) in [6.45, 7) is 0.656. The normalized spacial score (nSPS) is 21.3. The standard InChI is InChI=1S/C25H26F3N5O2/c1-31-19(13-21(29-31)25(26,27)28)23-17-12-16-6-3-7-18(22(17)30-32(23)2)33(16)24(34)15-9-8-14-5-4-10-35-20(14)11-15/h8-9,11,13,16,18H,3-7,10,12H2,1-2H3/t16-,18+/m0/s1. The van der Waals surface area contributed by atoms with Gasteiger partial charge in [0.1, 0.15) is 5.75 Å². The Labute approximate surface area is 200 Å². The highest BCUT2D eigenvalue weighted by molar-refractivity contribution is 5.95. The predicted molar refractivity (Wildman–Crippen MR) is 121 cm³/mol. The quantitative estimate of drug-likeness (QED) is 0.538. The Bertz CT molecular complexity index is 1330. The molecule has 0 saturated carbocycles. The third kappa shape index (κ3) is 3.52. The topological polar surface area (TPSA) is 65.2 Å². The SMILES string of the molecule is Cn1nc(C(F)(F)F)cc1-c1c2c(nn1C)[C@H]1CCC[C@@H](C2)N1C(=O)c1ccc2c(c1)OCCC2. The number of hydrogen-bond acceptors (Lipinski definition) is 4. The highest BCUT2D eigenvalue weighted by Gasteiger charge is 2.44. The molecule has 1 fully saturated rings. The van der Waals surface area contributed by atoms with Crippen LogP contribution in [0.2, 0.25) is 0 Å². The van der Waals surface area contributed by atoms with Crippen molar-refractivity contribution in [2.45, 2.75) is 56.8 Å². The van der Waals surface area contributed by atoms with Crippen molar-refractivity contribution in [1.82, 2.24) is 24.5 Å². The number of benzene rings is 1. The molecule has 184 valence electrons. The number of aromatic nitrogens is 4. The summed E-state index contributed by atoms with van der Waals surface area (Å²) in [5, 5.41) is 8.43. The fourth-order valence-corrected chi connectivity index (χ4v) is 5.92. The van der Waals surface area contributed by atoms with E-state index in [-0.39, 0.29) is 18.0 Å². The first-order valence-electron chi connectivity index (χ1n) is 12.0. The first-order valence-corrected chi connectivity index (χ1v) is 12.0. The number of ether oxygens (including phenoxy) is 1. The molecular formula is C25H26F3N5O2. The molecule has 3 aromatic rings. The van der Waals surface area contributed by atoms with Gasteiger partial charge >= 0.3 is 6.18 Å². The number of alkyl halides is 3. The number of aryl methyl sites for hydroxylation is 3. The van der Waals surface area contributed by atoms with Gasteiger partial charge in [0.15, 0.2) is 5.69 Å². The molecule has 0 aliphatic carbocycles. The van der Waals surface area contributed by atoms with Gasteiger partial charge in [0.05, 0.1) is 29.7 Å². The fourth-order valence-electron chi connectivity index (χ4n) is 5.92. The summed E-state index contributed by atoms with van der Waals surface area (Å²) in [4.78, 5) is 15.7. The third-order valence-corrected chi connectivity index (χ3v) is 7.49. The van der Waals surface area contributed by atoms with Crippen molar-refractivity contribution >= 4 is 5.91 Å². The van der Waals surface area contributed by atoms with E-state index in [1.165, 1.54) is 11.7 Å². The van der Waals surface area contributed by atoms with Crippen molar-refractivity contribution in [3.8, 4) is 17.1 Å². The molecule has 7 nitrogen and oxygen atoms in total. The first-order chi connectivity index (χ1) is 16.7. The molecule has 3 aliphatic rings. The molecule has 0 N–H and O–H groups in total. The van der Waals surface area contributed by atoms with E-state index >= 15 is 0 Å². The van der Waals surface area contributed by atoms with Gasteiger partial charge < -0.3 is 9.64 Å². The molecule has 35 heavy (non-hydrogen) atoms. The lowest BCUT2D eigenvalue weighted by Gasteiger charge is -2.45. The van der Waals surface area contributed by atoms with Gasteiger partial charge in [0.25, 0.3) is 5.91 Å². The molecule has 2 bridgehead atoms. The van der Waals surface area contributed by atoms with Gasteiger partial charge in [-0.05, 0) is 62.3 Å². The number of fused-ring (bicyclic) bond motifs is 5. The Hall–Kier alpha value is -3.30. The second-order valence-electron chi connectivity index (χ2n) is 9.66. The number of hydrogen-bond donors (Lipinski definition) is 0. The Morgan fingerprint density at radius 2 is 1.91 bits per heavy atom. The monoisotopic (exact) mass is 485 g/mol. The molecule has 3 aliphatic heterocycles. The third-order valence-electron chi connectivity index (χ3n) is 7.49. The number of amides is 1. The van der Waals surface area contributed by atoms with Crippen molar-refractivity contribution in [2.75, 3.05) is 6.61 Å². The maximum atomic E-state index is 13.7. The minimum absolute atomic E-state index is 0.0380. The molecule has 0 radical (unpaired) electrons. The van der Waals surface area contributed by atoms with Crippen LogP contribution in [0.25, 0.3) is 11.4 Å². The molecule has 1 aromatic carbocycles. The number of carbonyl (C=O) groups excluding carboxylic acids is 1. The molecule has 2 atom stereocenters. The van der Waals surface area contributed by atoms with Crippen LogP contribution in [0, 0.1) is 0 Å². The van der Waals surface area contributed by atoms with E-state index in [0.29, 0.717) is 30.0 Å². The van der Waals surface area contributed by atoms with Crippen molar-refractivity contribution in [1.29, 1.82) is 0 Å². The van der Waals surface area contributed by atoms with Crippen LogP contribution in [-0.4, -0.2) is 43.0 Å². The second kappa shape index (κ2) is 7.86. The molecule has 1 amide bonds. The lowest BCUT2D eigenvalue weighted by Crippen LogP contribution is -2.49. The van der Waals surface area contributed by atoms with Crippen LogP contribution in [-0.2, 0) is 33.1 Å². The number of nitrogens with zero attached hydrogens (tertiary/aromatic N) is 5. The van der Waals surface area contributed by atoms with Crippen LogP contribution in [0.1, 0.15) is 64.6 Å². The van der Waals surface area contributed by atoms with E-state index in [0.717, 1.165) is 60.7 Å². The molecule has 1 saturated heterocycles. The van der Waals surface area contributed by atoms with E-state index in [1.807, 2.05) is 23.1 Å². The van der Waals surface area contributed by atoms with Crippen LogP contribution in [0.5, 0.6) is 5.75 Å². The molecule has 6 rings (SSSR count). The van der Waals surface area contributed by atoms with E-state index < -0.39 is 11.9 Å². The van der Waals surface area contributed by atoms with Crippen LogP contribution in [0.3, 0.4) is 0 Å². The largest absolute Gasteiger partial charge is 0.493 e. The number of rotatable bonds is 2. The van der Waals surface area contributed by atoms with Crippen molar-refractivity contribution in [3.05, 3.63) is 52.3 Å². The Morgan fingerprint density at radius 1 is 1.09 bits per heavy atom. The van der Waals surface area contributed by atoms with Crippen LogP contribution in [0.15, 0.2) is 24.3 Å². The summed E-state index contributed by atoms with van der Waals surface area (Å²) in [6, 6.07) is 6.53. The minimum atomic E-state index is -4.52. The Balaban J connectivity index is 1.39. The van der Waals surface area contributed by atoms with Gasteiger partial charge in [-0.2, -0.15) is 23.4 Å². The highest BCUT2D eigenvalue weighted by Crippen LogP contribution is 2.45.